The SMILES string of the molecule is C1=CCC(c2ccc(-c3nc(-c4ccc(-c5ccccc5)cc4)nc(-c4ccc5c(c4)C4(c6ccccc6-c6ccccc64)c4ccccc4-5)n3)cc2)C=C1. The number of allylic oxidation sites excluding steroid dienone is 4. The second-order valence-corrected chi connectivity index (χ2v) is 14.7. The summed E-state index contributed by atoms with van der Waals surface area (Å²) in [6.45, 7) is 0. The van der Waals surface area contributed by atoms with Crippen molar-refractivity contribution in [2.24, 2.45) is 0 Å². The fourth-order valence-electron chi connectivity index (χ4n) is 9.15. The number of aromatic nitrogens is 3. The Bertz CT molecular complexity index is 2770. The summed E-state index contributed by atoms with van der Waals surface area (Å²) in [7, 11) is 0. The van der Waals surface area contributed by atoms with E-state index in [1.807, 2.05) is 6.07 Å². The van der Waals surface area contributed by atoms with Gasteiger partial charge in [0.2, 0.25) is 0 Å². The lowest BCUT2D eigenvalue weighted by molar-refractivity contribution is 0.794. The number of hydrogen-bond acceptors (Lipinski definition) is 3. The molecule has 1 atom stereocenters. The normalized spacial score (nSPS) is 15.4. The zero-order valence-electron chi connectivity index (χ0n) is 30.1. The Hall–Kier alpha value is -6.97. The minimum absolute atomic E-state index is 0.375. The van der Waals surface area contributed by atoms with Crippen molar-refractivity contribution in [3.8, 4) is 67.5 Å². The molecule has 55 heavy (non-hydrogen) atoms. The highest BCUT2D eigenvalue weighted by Crippen LogP contribution is 2.63. The van der Waals surface area contributed by atoms with Crippen LogP contribution in [0.15, 0.2) is 194 Å². The zero-order valence-corrected chi connectivity index (χ0v) is 30.1. The largest absolute Gasteiger partial charge is 0.208 e. The van der Waals surface area contributed by atoms with Crippen LogP contribution in [0.2, 0.25) is 0 Å². The van der Waals surface area contributed by atoms with Crippen LogP contribution in [0.25, 0.3) is 67.5 Å². The molecule has 0 bridgehead atoms. The first-order valence-electron chi connectivity index (χ1n) is 19.1. The fraction of sp³-hybridized carbons (Fsp3) is 0.0577. The number of rotatable bonds is 5. The van der Waals surface area contributed by atoms with Gasteiger partial charge in [0.15, 0.2) is 17.5 Å². The van der Waals surface area contributed by atoms with Gasteiger partial charge < -0.3 is 0 Å². The van der Waals surface area contributed by atoms with Gasteiger partial charge in [-0.2, -0.15) is 0 Å². The maximum absolute atomic E-state index is 5.24. The summed E-state index contributed by atoms with van der Waals surface area (Å²) in [6, 6.07) is 61.3. The number of nitrogens with zero attached hydrogens (tertiary/aromatic N) is 3. The van der Waals surface area contributed by atoms with Crippen molar-refractivity contribution < 1.29 is 0 Å². The van der Waals surface area contributed by atoms with Crippen molar-refractivity contribution in [3.05, 3.63) is 222 Å². The molecule has 8 aromatic rings. The van der Waals surface area contributed by atoms with Crippen LogP contribution >= 0.6 is 0 Å². The number of hydrogen-bond donors (Lipinski definition) is 0. The van der Waals surface area contributed by atoms with Gasteiger partial charge in [0.1, 0.15) is 0 Å². The molecular weight excluding hydrogens is 667 g/mol. The first-order valence-corrected chi connectivity index (χ1v) is 19.1. The first kappa shape index (κ1) is 31.5. The van der Waals surface area contributed by atoms with Crippen molar-refractivity contribution in [2.45, 2.75) is 17.8 Å². The van der Waals surface area contributed by atoms with Gasteiger partial charge in [0, 0.05) is 22.6 Å². The average molecular weight is 702 g/mol. The van der Waals surface area contributed by atoms with Crippen LogP contribution in [0.3, 0.4) is 0 Å². The van der Waals surface area contributed by atoms with Crippen molar-refractivity contribution in [1.29, 1.82) is 0 Å². The lowest BCUT2D eigenvalue weighted by atomic mass is 9.70. The van der Waals surface area contributed by atoms with Gasteiger partial charge in [0.25, 0.3) is 0 Å². The molecule has 1 spiro atoms. The lowest BCUT2D eigenvalue weighted by Crippen LogP contribution is -2.25. The lowest BCUT2D eigenvalue weighted by Gasteiger charge is -2.30. The third-order valence-corrected chi connectivity index (χ3v) is 11.7. The molecule has 0 saturated heterocycles. The van der Waals surface area contributed by atoms with E-state index >= 15 is 0 Å². The van der Waals surface area contributed by atoms with Crippen LogP contribution in [0.1, 0.15) is 40.2 Å². The molecular formula is C52H35N3. The topological polar surface area (TPSA) is 38.7 Å². The average Bonchev–Trinajstić information content (AvgIpc) is 3.74. The highest BCUT2D eigenvalue weighted by atomic mass is 15.0. The van der Waals surface area contributed by atoms with Gasteiger partial charge in [-0.1, -0.05) is 188 Å². The Morgan fingerprint density at radius 2 is 0.836 bits per heavy atom. The molecule has 1 heterocycles. The molecule has 0 amide bonds. The van der Waals surface area contributed by atoms with Crippen LogP contribution in [0.5, 0.6) is 0 Å². The van der Waals surface area contributed by atoms with E-state index in [4.69, 9.17) is 15.0 Å². The minimum Gasteiger partial charge on any atom is -0.208 e. The van der Waals surface area contributed by atoms with Crippen LogP contribution in [-0.4, -0.2) is 15.0 Å². The highest BCUT2D eigenvalue weighted by molar-refractivity contribution is 5.95. The Labute approximate surface area is 321 Å². The standard InChI is InChI=1S/C52H35N3/c1-3-13-34(14-4-1)36-23-27-38(28-24-36)49-53-50(39-29-25-37(26-30-39)35-15-5-2-6-16-35)55-51(54-49)40-31-32-44-43-19-9-12-22-47(43)52(48(44)33-40)45-20-10-7-17-41(45)42-18-8-11-21-46(42)52/h1-15,17-33,35H,16H2. The van der Waals surface area contributed by atoms with Gasteiger partial charge in [-0.25, -0.2) is 15.0 Å². The summed E-state index contributed by atoms with van der Waals surface area (Å²) in [6.07, 6.45) is 9.77. The molecule has 1 unspecified atom stereocenters. The third-order valence-electron chi connectivity index (χ3n) is 11.7. The fourth-order valence-corrected chi connectivity index (χ4v) is 9.15. The molecule has 3 aliphatic rings. The monoisotopic (exact) mass is 701 g/mol. The van der Waals surface area contributed by atoms with Crippen molar-refractivity contribution in [1.82, 2.24) is 15.0 Å². The number of benzene rings is 7. The summed E-state index contributed by atoms with van der Waals surface area (Å²) in [5, 5.41) is 0. The summed E-state index contributed by atoms with van der Waals surface area (Å²) >= 11 is 0. The molecule has 0 fully saturated rings. The molecule has 11 rings (SSSR count). The molecule has 0 saturated carbocycles. The smallest absolute Gasteiger partial charge is 0.164 e. The van der Waals surface area contributed by atoms with Crippen molar-refractivity contribution in [2.75, 3.05) is 0 Å². The highest BCUT2D eigenvalue weighted by Gasteiger charge is 2.51. The Morgan fingerprint density at radius 3 is 1.40 bits per heavy atom. The van der Waals surface area contributed by atoms with Gasteiger partial charge in [-0.05, 0) is 73.7 Å². The van der Waals surface area contributed by atoms with Gasteiger partial charge in [-0.3, -0.25) is 0 Å². The molecule has 3 nitrogen and oxygen atoms in total. The van der Waals surface area contributed by atoms with Gasteiger partial charge in [-0.15, -0.1) is 0 Å². The predicted octanol–water partition coefficient (Wildman–Crippen LogP) is 12.5. The van der Waals surface area contributed by atoms with E-state index in [2.05, 4.69) is 188 Å². The summed E-state index contributed by atoms with van der Waals surface area (Å²) in [5.41, 5.74) is 16.4. The number of fused-ring (bicyclic) bond motifs is 10. The maximum atomic E-state index is 5.24. The second-order valence-electron chi connectivity index (χ2n) is 14.7. The van der Waals surface area contributed by atoms with E-state index in [1.54, 1.807) is 0 Å². The maximum Gasteiger partial charge on any atom is 0.164 e. The van der Waals surface area contributed by atoms with Gasteiger partial charge >= 0.3 is 0 Å². The van der Waals surface area contributed by atoms with E-state index in [9.17, 15) is 0 Å². The van der Waals surface area contributed by atoms with E-state index in [1.165, 1.54) is 55.6 Å². The molecule has 3 aliphatic carbocycles. The summed E-state index contributed by atoms with van der Waals surface area (Å²) in [5.74, 6) is 2.34. The Morgan fingerprint density at radius 1 is 0.382 bits per heavy atom. The van der Waals surface area contributed by atoms with Crippen LogP contribution < -0.4 is 0 Å². The molecule has 258 valence electrons. The quantitative estimate of drug-likeness (QED) is 0.179. The summed E-state index contributed by atoms with van der Waals surface area (Å²) < 4.78 is 0. The van der Waals surface area contributed by atoms with Crippen molar-refractivity contribution in [3.63, 3.8) is 0 Å². The predicted molar refractivity (Wildman–Crippen MR) is 224 cm³/mol. The van der Waals surface area contributed by atoms with E-state index < -0.39 is 5.41 Å². The molecule has 1 aromatic heterocycles. The Kier molecular flexibility index (Phi) is 7.21. The van der Waals surface area contributed by atoms with E-state index in [0.29, 0.717) is 23.4 Å². The van der Waals surface area contributed by atoms with E-state index in [-0.39, 0.29) is 0 Å². The second kappa shape index (κ2) is 12.6. The van der Waals surface area contributed by atoms with E-state index in [0.717, 1.165) is 28.7 Å². The van der Waals surface area contributed by atoms with Gasteiger partial charge in [0.05, 0.1) is 5.41 Å². The molecule has 0 N–H and O–H groups in total. The zero-order chi connectivity index (χ0) is 36.3. The minimum atomic E-state index is -0.445. The molecule has 7 aromatic carbocycles. The molecule has 0 aliphatic heterocycles. The van der Waals surface area contributed by atoms with Crippen LogP contribution in [0.4, 0.5) is 0 Å². The van der Waals surface area contributed by atoms with Crippen LogP contribution in [0, 0.1) is 0 Å². The summed E-state index contributed by atoms with van der Waals surface area (Å²) in [4.78, 5) is 15.6. The molecule has 0 radical (unpaired) electrons. The third kappa shape index (κ3) is 4.93. The van der Waals surface area contributed by atoms with Crippen LogP contribution in [-0.2, 0) is 5.41 Å². The van der Waals surface area contributed by atoms with Crippen molar-refractivity contribution >= 4 is 0 Å². The first-order chi connectivity index (χ1) is 27.3. The Balaban J connectivity index is 1.09. The molecule has 3 heteroatoms.